The summed E-state index contributed by atoms with van der Waals surface area (Å²) in [5.74, 6) is 0.0184. The summed E-state index contributed by atoms with van der Waals surface area (Å²) in [5, 5.41) is 9.73. The molecule has 0 saturated carbocycles. The van der Waals surface area contributed by atoms with Gasteiger partial charge in [0, 0.05) is 11.8 Å². The molecular weight excluding hydrogens is 316 g/mol. The van der Waals surface area contributed by atoms with Crippen molar-refractivity contribution >= 4 is 5.97 Å². The van der Waals surface area contributed by atoms with E-state index in [9.17, 15) is 9.90 Å². The number of carboxylic acids is 1. The number of nitrogens with zero attached hydrogens (tertiary/aromatic N) is 2. The molecular formula is C20H24N2O3. The van der Waals surface area contributed by atoms with Crippen LogP contribution in [0.25, 0.3) is 0 Å². The maximum atomic E-state index is 11.8. The van der Waals surface area contributed by atoms with Crippen molar-refractivity contribution in [1.29, 1.82) is 0 Å². The molecule has 5 nitrogen and oxygen atoms in total. The fourth-order valence-corrected chi connectivity index (χ4v) is 3.57. The number of hydrogen-bond donors (Lipinski definition) is 1. The summed E-state index contributed by atoms with van der Waals surface area (Å²) in [6.07, 6.45) is 4.35. The van der Waals surface area contributed by atoms with Crippen LogP contribution in [0.3, 0.4) is 0 Å². The Morgan fingerprint density at radius 1 is 1.28 bits per heavy atom. The molecule has 25 heavy (non-hydrogen) atoms. The van der Waals surface area contributed by atoms with Gasteiger partial charge in [-0.15, -0.1) is 0 Å². The minimum absolute atomic E-state index is 0.231. The second kappa shape index (κ2) is 8.12. The van der Waals surface area contributed by atoms with Crippen molar-refractivity contribution in [3.8, 4) is 5.75 Å². The van der Waals surface area contributed by atoms with Gasteiger partial charge >= 0.3 is 5.97 Å². The Hall–Kier alpha value is -2.40. The Morgan fingerprint density at radius 3 is 2.80 bits per heavy atom. The first-order valence-corrected chi connectivity index (χ1v) is 8.83. The zero-order chi connectivity index (χ0) is 17.6. The highest BCUT2D eigenvalue weighted by molar-refractivity contribution is 5.73. The van der Waals surface area contributed by atoms with Crippen LogP contribution in [0.4, 0.5) is 0 Å². The predicted octanol–water partition coefficient (Wildman–Crippen LogP) is 3.51. The number of likely N-dealkylation sites (tertiary alicyclic amines) is 1. The van der Waals surface area contributed by atoms with Crippen LogP contribution >= 0.6 is 0 Å². The molecule has 1 saturated heterocycles. The van der Waals surface area contributed by atoms with E-state index < -0.39 is 12.0 Å². The van der Waals surface area contributed by atoms with E-state index in [1.54, 1.807) is 6.20 Å². The van der Waals surface area contributed by atoms with Crippen LogP contribution in [-0.2, 0) is 4.79 Å². The van der Waals surface area contributed by atoms with Crippen molar-refractivity contribution < 1.29 is 14.6 Å². The molecule has 5 heteroatoms. The Morgan fingerprint density at radius 2 is 2.08 bits per heavy atom. The van der Waals surface area contributed by atoms with Crippen molar-refractivity contribution in [1.82, 2.24) is 9.88 Å². The van der Waals surface area contributed by atoms with E-state index in [0.29, 0.717) is 13.0 Å². The van der Waals surface area contributed by atoms with Gasteiger partial charge in [0.05, 0.1) is 18.3 Å². The predicted molar refractivity (Wildman–Crippen MR) is 95.7 cm³/mol. The van der Waals surface area contributed by atoms with Gasteiger partial charge in [-0.05, 0) is 44.5 Å². The van der Waals surface area contributed by atoms with E-state index in [4.69, 9.17) is 4.74 Å². The number of piperidine rings is 1. The lowest BCUT2D eigenvalue weighted by Crippen LogP contribution is -2.47. The maximum absolute atomic E-state index is 11.8. The average Bonchev–Trinajstić information content (AvgIpc) is 2.65. The van der Waals surface area contributed by atoms with Gasteiger partial charge in [0.2, 0.25) is 0 Å². The smallest absolute Gasteiger partial charge is 0.320 e. The molecule has 1 aliphatic heterocycles. The largest absolute Gasteiger partial charge is 0.494 e. The molecule has 0 aliphatic carbocycles. The van der Waals surface area contributed by atoms with Crippen LogP contribution in [0.2, 0.25) is 0 Å². The van der Waals surface area contributed by atoms with Crippen LogP contribution < -0.4 is 4.74 Å². The minimum Gasteiger partial charge on any atom is -0.494 e. The molecule has 0 radical (unpaired) electrons. The van der Waals surface area contributed by atoms with Crippen molar-refractivity contribution in [3.63, 3.8) is 0 Å². The number of aromatic nitrogens is 1. The number of ether oxygens (including phenoxy) is 1. The molecule has 132 valence electrons. The van der Waals surface area contributed by atoms with E-state index >= 15 is 0 Å². The third-order valence-corrected chi connectivity index (χ3v) is 4.64. The zero-order valence-electron chi connectivity index (χ0n) is 14.5. The number of aliphatic carboxylic acids is 1. The molecule has 0 amide bonds. The lowest BCUT2D eigenvalue weighted by atomic mass is 9.93. The van der Waals surface area contributed by atoms with Gasteiger partial charge in [-0.3, -0.25) is 14.7 Å². The van der Waals surface area contributed by atoms with Crippen molar-refractivity contribution in [2.45, 2.75) is 38.3 Å². The monoisotopic (exact) mass is 340 g/mol. The first-order valence-electron chi connectivity index (χ1n) is 8.83. The fraction of sp³-hybridized carbons (Fsp3) is 0.400. The molecule has 1 fully saturated rings. The van der Waals surface area contributed by atoms with Gasteiger partial charge in [0.1, 0.15) is 11.8 Å². The Labute approximate surface area is 148 Å². The highest BCUT2D eigenvalue weighted by Gasteiger charge is 2.36. The summed E-state index contributed by atoms with van der Waals surface area (Å²) in [5.41, 5.74) is 1.82. The van der Waals surface area contributed by atoms with Crippen LogP contribution in [0.5, 0.6) is 5.75 Å². The molecule has 3 rings (SSSR count). The molecule has 1 aromatic heterocycles. The molecule has 1 N–H and O–H groups in total. The summed E-state index contributed by atoms with van der Waals surface area (Å²) < 4.78 is 5.82. The van der Waals surface area contributed by atoms with E-state index in [2.05, 4.69) is 9.88 Å². The fourth-order valence-electron chi connectivity index (χ4n) is 3.57. The third kappa shape index (κ3) is 3.82. The topological polar surface area (TPSA) is 62.7 Å². The number of para-hydroxylation sites is 1. The summed E-state index contributed by atoms with van der Waals surface area (Å²) in [7, 11) is 0. The molecule has 2 atom stereocenters. The second-order valence-corrected chi connectivity index (χ2v) is 6.22. The van der Waals surface area contributed by atoms with Gasteiger partial charge < -0.3 is 9.84 Å². The van der Waals surface area contributed by atoms with Gasteiger partial charge in [-0.1, -0.05) is 30.7 Å². The Bertz CT molecular complexity index is 705. The van der Waals surface area contributed by atoms with Gasteiger partial charge in [-0.25, -0.2) is 0 Å². The number of pyridine rings is 1. The number of carbonyl (C=O) groups is 1. The maximum Gasteiger partial charge on any atom is 0.320 e. The second-order valence-electron chi connectivity index (χ2n) is 6.22. The van der Waals surface area contributed by atoms with Crippen molar-refractivity contribution in [2.24, 2.45) is 0 Å². The van der Waals surface area contributed by atoms with Crippen molar-refractivity contribution in [3.05, 3.63) is 59.9 Å². The third-order valence-electron chi connectivity index (χ3n) is 4.64. The normalized spacial score (nSPS) is 19.3. The lowest BCUT2D eigenvalue weighted by molar-refractivity contribution is -0.145. The summed E-state index contributed by atoms with van der Waals surface area (Å²) in [6, 6.07) is 12.9. The molecule has 0 bridgehead atoms. The molecule has 2 aromatic rings. The van der Waals surface area contributed by atoms with Gasteiger partial charge in [0.15, 0.2) is 0 Å². The molecule has 2 unspecified atom stereocenters. The van der Waals surface area contributed by atoms with Gasteiger partial charge in [0.25, 0.3) is 0 Å². The highest BCUT2D eigenvalue weighted by Crippen LogP contribution is 2.37. The van der Waals surface area contributed by atoms with E-state index in [1.165, 1.54) is 0 Å². The van der Waals surface area contributed by atoms with Crippen LogP contribution in [-0.4, -0.2) is 40.2 Å². The number of hydrogen-bond acceptors (Lipinski definition) is 4. The molecule has 1 aromatic carbocycles. The number of carboxylic acid groups (broad SMARTS) is 1. The van der Waals surface area contributed by atoms with Crippen LogP contribution in [0, 0.1) is 0 Å². The summed E-state index contributed by atoms with van der Waals surface area (Å²) in [6.45, 7) is 3.25. The molecule has 2 heterocycles. The van der Waals surface area contributed by atoms with E-state index in [0.717, 1.165) is 36.4 Å². The van der Waals surface area contributed by atoms with E-state index in [-0.39, 0.29) is 6.04 Å². The summed E-state index contributed by atoms with van der Waals surface area (Å²) in [4.78, 5) is 18.4. The standard InChI is InChI=1S/C20H24N2O3/c1-2-25-18-12-4-3-9-15(18)19(16-10-5-7-13-21-16)22-14-8-6-11-17(22)20(23)24/h3-5,7,9-10,12-13,17,19H,2,6,8,11,14H2,1H3,(H,23,24). The average molecular weight is 340 g/mol. The van der Waals surface area contributed by atoms with Gasteiger partial charge in [-0.2, -0.15) is 0 Å². The number of rotatable bonds is 6. The highest BCUT2D eigenvalue weighted by atomic mass is 16.5. The summed E-state index contributed by atoms with van der Waals surface area (Å²) >= 11 is 0. The molecule has 0 spiro atoms. The lowest BCUT2D eigenvalue weighted by Gasteiger charge is -2.39. The van der Waals surface area contributed by atoms with Crippen LogP contribution in [0.15, 0.2) is 48.7 Å². The van der Waals surface area contributed by atoms with Crippen LogP contribution in [0.1, 0.15) is 43.5 Å². The van der Waals surface area contributed by atoms with E-state index in [1.807, 2.05) is 49.4 Å². The molecule has 1 aliphatic rings. The first kappa shape index (κ1) is 17.4. The quantitative estimate of drug-likeness (QED) is 0.872. The minimum atomic E-state index is -0.769. The zero-order valence-corrected chi connectivity index (χ0v) is 14.5. The first-order chi connectivity index (χ1) is 12.2. The number of benzene rings is 1. The Kier molecular flexibility index (Phi) is 5.66. The SMILES string of the molecule is CCOc1ccccc1C(c1ccccn1)N1CCCCC1C(=O)O. The Balaban J connectivity index is 2.09. The van der Waals surface area contributed by atoms with Crippen molar-refractivity contribution in [2.75, 3.05) is 13.2 Å².